The predicted molar refractivity (Wildman–Crippen MR) is 110 cm³/mol. The van der Waals surface area contributed by atoms with E-state index in [9.17, 15) is 9.59 Å². The van der Waals surface area contributed by atoms with Crippen LogP contribution in [0.4, 0.5) is 5.69 Å². The van der Waals surface area contributed by atoms with Gasteiger partial charge in [-0.15, -0.1) is 0 Å². The number of likely N-dealkylation sites (N-methyl/N-ethyl adjacent to an activating group) is 1. The standard InChI is InChI=1S/C22H28N2O4/c1-4-24(16-21(25)23-19-11-5-6-12-20(19)27-3)22(26)13-8-14-28-18-10-7-9-17(2)15-18/h5-7,9-12,15H,4,8,13-14,16H2,1-3H3,(H,23,25). The Morgan fingerprint density at radius 1 is 1.11 bits per heavy atom. The number of ether oxygens (including phenoxy) is 2. The van der Waals surface area contributed by atoms with Crippen LogP contribution in [0.3, 0.4) is 0 Å². The number of nitrogens with zero attached hydrogens (tertiary/aromatic N) is 1. The second-order valence-electron chi connectivity index (χ2n) is 6.42. The smallest absolute Gasteiger partial charge is 0.244 e. The molecule has 0 atom stereocenters. The highest BCUT2D eigenvalue weighted by molar-refractivity contribution is 5.95. The number of para-hydroxylation sites is 2. The van der Waals surface area contributed by atoms with Gasteiger partial charge in [0.1, 0.15) is 11.5 Å². The number of nitrogens with one attached hydrogen (secondary N) is 1. The second kappa shape index (κ2) is 11.0. The fourth-order valence-electron chi connectivity index (χ4n) is 2.76. The molecule has 0 saturated heterocycles. The average molecular weight is 384 g/mol. The van der Waals surface area contributed by atoms with Crippen molar-refractivity contribution < 1.29 is 19.1 Å². The zero-order chi connectivity index (χ0) is 20.4. The lowest BCUT2D eigenvalue weighted by Gasteiger charge is -2.21. The predicted octanol–water partition coefficient (Wildman–Crippen LogP) is 3.65. The number of hydrogen-bond acceptors (Lipinski definition) is 4. The number of anilines is 1. The first-order valence-corrected chi connectivity index (χ1v) is 9.43. The Balaban J connectivity index is 1.78. The van der Waals surface area contributed by atoms with Gasteiger partial charge in [-0.25, -0.2) is 0 Å². The second-order valence-corrected chi connectivity index (χ2v) is 6.42. The van der Waals surface area contributed by atoms with E-state index in [1.54, 1.807) is 19.2 Å². The molecule has 1 N–H and O–H groups in total. The van der Waals surface area contributed by atoms with Gasteiger partial charge < -0.3 is 19.7 Å². The minimum Gasteiger partial charge on any atom is -0.495 e. The zero-order valence-electron chi connectivity index (χ0n) is 16.7. The van der Waals surface area contributed by atoms with Crippen LogP contribution in [0.2, 0.25) is 0 Å². The number of aryl methyl sites for hydroxylation is 1. The van der Waals surface area contributed by atoms with Crippen molar-refractivity contribution in [1.29, 1.82) is 0 Å². The van der Waals surface area contributed by atoms with Crippen LogP contribution in [0.25, 0.3) is 0 Å². The number of methoxy groups -OCH3 is 1. The minimum atomic E-state index is -0.254. The molecular weight excluding hydrogens is 356 g/mol. The maximum absolute atomic E-state index is 12.4. The van der Waals surface area contributed by atoms with Gasteiger partial charge in [0.25, 0.3) is 0 Å². The fourth-order valence-corrected chi connectivity index (χ4v) is 2.76. The SMILES string of the molecule is CCN(CC(=O)Nc1ccccc1OC)C(=O)CCCOc1cccc(C)c1. The van der Waals surface area contributed by atoms with Gasteiger partial charge in [-0.05, 0) is 50.1 Å². The van der Waals surface area contributed by atoms with Gasteiger partial charge in [0.05, 0.1) is 25.9 Å². The molecule has 0 saturated carbocycles. The van der Waals surface area contributed by atoms with Crippen molar-refractivity contribution in [2.45, 2.75) is 26.7 Å². The van der Waals surface area contributed by atoms with E-state index < -0.39 is 0 Å². The molecule has 2 aromatic rings. The molecule has 0 radical (unpaired) electrons. The van der Waals surface area contributed by atoms with Crippen LogP contribution in [-0.4, -0.2) is 43.5 Å². The van der Waals surface area contributed by atoms with Crippen LogP contribution in [0.5, 0.6) is 11.5 Å². The van der Waals surface area contributed by atoms with Gasteiger partial charge in [0, 0.05) is 13.0 Å². The normalized spacial score (nSPS) is 10.2. The summed E-state index contributed by atoms with van der Waals surface area (Å²) >= 11 is 0. The van der Waals surface area contributed by atoms with Crippen LogP contribution in [-0.2, 0) is 9.59 Å². The summed E-state index contributed by atoms with van der Waals surface area (Å²) in [7, 11) is 1.55. The van der Waals surface area contributed by atoms with Gasteiger partial charge in [-0.2, -0.15) is 0 Å². The fraction of sp³-hybridized carbons (Fsp3) is 0.364. The molecule has 6 heteroatoms. The van der Waals surface area contributed by atoms with Crippen molar-refractivity contribution >= 4 is 17.5 Å². The van der Waals surface area contributed by atoms with E-state index in [1.807, 2.05) is 50.2 Å². The summed E-state index contributed by atoms with van der Waals surface area (Å²) in [4.78, 5) is 26.3. The van der Waals surface area contributed by atoms with E-state index in [1.165, 1.54) is 4.90 Å². The number of rotatable bonds is 10. The molecule has 6 nitrogen and oxygen atoms in total. The first-order valence-electron chi connectivity index (χ1n) is 9.43. The van der Waals surface area contributed by atoms with Crippen LogP contribution < -0.4 is 14.8 Å². The molecule has 0 spiro atoms. The Kier molecular flexibility index (Phi) is 8.34. The first kappa shape index (κ1) is 21.3. The molecule has 2 rings (SSSR count). The lowest BCUT2D eigenvalue weighted by Crippen LogP contribution is -2.37. The summed E-state index contributed by atoms with van der Waals surface area (Å²) in [6.07, 6.45) is 0.930. The summed E-state index contributed by atoms with van der Waals surface area (Å²) in [5.41, 5.74) is 1.72. The van der Waals surface area contributed by atoms with Crippen molar-refractivity contribution in [2.24, 2.45) is 0 Å². The van der Waals surface area contributed by atoms with Gasteiger partial charge in [-0.1, -0.05) is 24.3 Å². The maximum atomic E-state index is 12.4. The van der Waals surface area contributed by atoms with Crippen LogP contribution in [0, 0.1) is 6.92 Å². The maximum Gasteiger partial charge on any atom is 0.244 e. The first-order chi connectivity index (χ1) is 13.5. The van der Waals surface area contributed by atoms with Crippen LogP contribution in [0.1, 0.15) is 25.3 Å². The summed E-state index contributed by atoms with van der Waals surface area (Å²) in [5.74, 6) is 1.07. The quantitative estimate of drug-likeness (QED) is 0.635. The van der Waals surface area contributed by atoms with Gasteiger partial charge in [0.2, 0.25) is 11.8 Å². The Hall–Kier alpha value is -3.02. The van der Waals surface area contributed by atoms with Crippen molar-refractivity contribution in [2.75, 3.05) is 32.1 Å². The Morgan fingerprint density at radius 3 is 2.61 bits per heavy atom. The molecule has 150 valence electrons. The Morgan fingerprint density at radius 2 is 1.89 bits per heavy atom. The Bertz CT molecular complexity index is 792. The highest BCUT2D eigenvalue weighted by Gasteiger charge is 2.16. The third-order valence-corrected chi connectivity index (χ3v) is 4.24. The number of carbonyl (C=O) groups is 2. The molecule has 0 heterocycles. The number of amides is 2. The lowest BCUT2D eigenvalue weighted by atomic mass is 10.2. The zero-order valence-corrected chi connectivity index (χ0v) is 16.7. The summed E-state index contributed by atoms with van der Waals surface area (Å²) in [6, 6.07) is 15.0. The van der Waals surface area contributed by atoms with Crippen molar-refractivity contribution in [1.82, 2.24) is 4.90 Å². The minimum absolute atomic E-state index is 0.00607. The summed E-state index contributed by atoms with van der Waals surface area (Å²) in [6.45, 7) is 4.80. The highest BCUT2D eigenvalue weighted by Crippen LogP contribution is 2.22. The molecule has 0 aliphatic carbocycles. The molecule has 0 aliphatic heterocycles. The van der Waals surface area contributed by atoms with Gasteiger partial charge in [-0.3, -0.25) is 9.59 Å². The summed E-state index contributed by atoms with van der Waals surface area (Å²) in [5, 5.41) is 2.79. The molecule has 2 amide bonds. The van der Waals surface area contributed by atoms with Gasteiger partial charge >= 0.3 is 0 Å². The molecule has 28 heavy (non-hydrogen) atoms. The van der Waals surface area contributed by atoms with E-state index in [-0.39, 0.29) is 18.4 Å². The lowest BCUT2D eigenvalue weighted by molar-refractivity contribution is -0.134. The van der Waals surface area contributed by atoms with Gasteiger partial charge in [0.15, 0.2) is 0 Å². The molecular formula is C22H28N2O4. The molecule has 0 aliphatic rings. The van der Waals surface area contributed by atoms with E-state index in [4.69, 9.17) is 9.47 Å². The van der Waals surface area contributed by atoms with Crippen molar-refractivity contribution in [3.8, 4) is 11.5 Å². The van der Waals surface area contributed by atoms with E-state index in [0.717, 1.165) is 11.3 Å². The summed E-state index contributed by atoms with van der Waals surface area (Å²) < 4.78 is 10.9. The third-order valence-electron chi connectivity index (χ3n) is 4.24. The Labute approximate surface area is 166 Å². The topological polar surface area (TPSA) is 67.9 Å². The number of hydrogen-bond donors (Lipinski definition) is 1. The van der Waals surface area contributed by atoms with Crippen molar-refractivity contribution in [3.05, 3.63) is 54.1 Å². The van der Waals surface area contributed by atoms with E-state index in [2.05, 4.69) is 5.32 Å². The monoisotopic (exact) mass is 384 g/mol. The van der Waals surface area contributed by atoms with Crippen molar-refractivity contribution in [3.63, 3.8) is 0 Å². The third kappa shape index (κ3) is 6.61. The largest absolute Gasteiger partial charge is 0.495 e. The average Bonchev–Trinajstić information content (AvgIpc) is 2.69. The molecule has 0 fully saturated rings. The molecule has 0 bridgehead atoms. The molecule has 2 aromatic carbocycles. The molecule has 0 unspecified atom stereocenters. The van der Waals surface area contributed by atoms with Crippen LogP contribution in [0.15, 0.2) is 48.5 Å². The van der Waals surface area contributed by atoms with E-state index in [0.29, 0.717) is 37.4 Å². The number of carbonyl (C=O) groups excluding carboxylic acids is 2. The van der Waals surface area contributed by atoms with Crippen LogP contribution >= 0.6 is 0 Å². The molecule has 0 aromatic heterocycles. The number of benzene rings is 2. The van der Waals surface area contributed by atoms with E-state index >= 15 is 0 Å². The highest BCUT2D eigenvalue weighted by atomic mass is 16.5.